The minimum absolute atomic E-state index is 0.155. The van der Waals surface area contributed by atoms with Gasteiger partial charge in [-0.05, 0) is 63.0 Å². The first-order valence-electron chi connectivity index (χ1n) is 10.5. The van der Waals surface area contributed by atoms with Gasteiger partial charge in [0, 0.05) is 32.3 Å². The van der Waals surface area contributed by atoms with Gasteiger partial charge in [0.25, 0.3) is 5.91 Å². The Morgan fingerprint density at radius 2 is 1.96 bits per heavy atom. The van der Waals surface area contributed by atoms with E-state index >= 15 is 0 Å². The summed E-state index contributed by atoms with van der Waals surface area (Å²) in [6.07, 6.45) is 7.74. The molecular formula is C22H32N2O2. The summed E-state index contributed by atoms with van der Waals surface area (Å²) in [4.78, 5) is 17.7. The molecule has 1 amide bonds. The zero-order chi connectivity index (χ0) is 17.8. The maximum Gasteiger partial charge on any atom is 0.251 e. The first-order valence-corrected chi connectivity index (χ1v) is 10.5. The van der Waals surface area contributed by atoms with Crippen LogP contribution in [0.2, 0.25) is 0 Å². The Morgan fingerprint density at radius 3 is 2.77 bits per heavy atom. The van der Waals surface area contributed by atoms with Gasteiger partial charge in [0.05, 0.1) is 0 Å². The number of ether oxygens (including phenoxy) is 1. The molecule has 0 saturated carbocycles. The summed E-state index contributed by atoms with van der Waals surface area (Å²) < 4.78 is 5.66. The molecule has 0 aromatic heterocycles. The second-order valence-electron chi connectivity index (χ2n) is 8.18. The summed E-state index contributed by atoms with van der Waals surface area (Å²) in [7, 11) is 0. The van der Waals surface area contributed by atoms with Crippen LogP contribution in [-0.2, 0) is 16.0 Å². The van der Waals surface area contributed by atoms with E-state index in [1.54, 1.807) is 0 Å². The van der Waals surface area contributed by atoms with E-state index in [9.17, 15) is 4.79 Å². The van der Waals surface area contributed by atoms with E-state index < -0.39 is 0 Å². The SMILES string of the molecule is O=C(C1CCCO1)N1CCC[C@@H]2CN(CCCc3ccccc3)CC[C@@H]21. The number of fused-ring (bicyclic) bond motifs is 1. The van der Waals surface area contributed by atoms with Crippen molar-refractivity contribution in [2.45, 2.75) is 57.1 Å². The zero-order valence-corrected chi connectivity index (χ0v) is 15.8. The Balaban J connectivity index is 1.27. The first kappa shape index (κ1) is 18.0. The molecular weight excluding hydrogens is 324 g/mol. The fraction of sp³-hybridized carbons (Fsp3) is 0.682. The highest BCUT2D eigenvalue weighted by molar-refractivity contribution is 5.81. The van der Waals surface area contributed by atoms with Gasteiger partial charge < -0.3 is 14.5 Å². The number of rotatable bonds is 5. The molecule has 4 nitrogen and oxygen atoms in total. The predicted octanol–water partition coefficient (Wildman–Crippen LogP) is 3.11. The summed E-state index contributed by atoms with van der Waals surface area (Å²) in [5.41, 5.74) is 1.44. The Hall–Kier alpha value is -1.39. The van der Waals surface area contributed by atoms with Crippen molar-refractivity contribution in [1.29, 1.82) is 0 Å². The lowest BCUT2D eigenvalue weighted by Gasteiger charge is -2.47. The van der Waals surface area contributed by atoms with E-state index in [1.807, 2.05) is 0 Å². The van der Waals surface area contributed by atoms with Crippen LogP contribution in [0.3, 0.4) is 0 Å². The van der Waals surface area contributed by atoms with Crippen LogP contribution in [-0.4, -0.2) is 60.6 Å². The predicted molar refractivity (Wildman–Crippen MR) is 103 cm³/mol. The second kappa shape index (κ2) is 8.53. The number of piperidine rings is 2. The van der Waals surface area contributed by atoms with Gasteiger partial charge in [0.15, 0.2) is 0 Å². The van der Waals surface area contributed by atoms with Gasteiger partial charge in [0.1, 0.15) is 6.10 Å². The minimum Gasteiger partial charge on any atom is -0.368 e. The monoisotopic (exact) mass is 356 g/mol. The van der Waals surface area contributed by atoms with Crippen molar-refractivity contribution in [1.82, 2.24) is 9.80 Å². The Bertz CT molecular complexity index is 585. The average Bonchev–Trinajstić information content (AvgIpc) is 3.22. The number of amides is 1. The van der Waals surface area contributed by atoms with Crippen molar-refractivity contribution < 1.29 is 9.53 Å². The van der Waals surface area contributed by atoms with Crippen molar-refractivity contribution >= 4 is 5.91 Å². The molecule has 1 aromatic carbocycles. The highest BCUT2D eigenvalue weighted by atomic mass is 16.5. The number of carbonyl (C=O) groups excluding carboxylic acids is 1. The second-order valence-corrected chi connectivity index (χ2v) is 8.18. The van der Waals surface area contributed by atoms with Crippen molar-refractivity contribution in [2.75, 3.05) is 32.8 Å². The van der Waals surface area contributed by atoms with Gasteiger partial charge >= 0.3 is 0 Å². The fourth-order valence-corrected chi connectivity index (χ4v) is 5.06. The van der Waals surface area contributed by atoms with Crippen LogP contribution in [0.1, 0.15) is 44.1 Å². The molecule has 0 spiro atoms. The molecule has 4 heteroatoms. The largest absolute Gasteiger partial charge is 0.368 e. The Morgan fingerprint density at radius 1 is 1.08 bits per heavy atom. The average molecular weight is 357 g/mol. The maximum atomic E-state index is 12.9. The number of nitrogens with zero attached hydrogens (tertiary/aromatic N) is 2. The maximum absolute atomic E-state index is 12.9. The Kier molecular flexibility index (Phi) is 5.91. The smallest absolute Gasteiger partial charge is 0.251 e. The van der Waals surface area contributed by atoms with Gasteiger partial charge in [-0.1, -0.05) is 30.3 Å². The van der Waals surface area contributed by atoms with E-state index in [0.29, 0.717) is 12.0 Å². The molecule has 4 rings (SSSR count). The molecule has 3 fully saturated rings. The number of hydrogen-bond acceptors (Lipinski definition) is 3. The number of likely N-dealkylation sites (tertiary alicyclic amines) is 2. The van der Waals surface area contributed by atoms with Crippen LogP contribution in [0.4, 0.5) is 0 Å². The van der Waals surface area contributed by atoms with Gasteiger partial charge in [-0.15, -0.1) is 0 Å². The number of benzene rings is 1. The molecule has 26 heavy (non-hydrogen) atoms. The van der Waals surface area contributed by atoms with Crippen LogP contribution < -0.4 is 0 Å². The molecule has 3 aliphatic heterocycles. The van der Waals surface area contributed by atoms with Gasteiger partial charge in [-0.25, -0.2) is 0 Å². The summed E-state index contributed by atoms with van der Waals surface area (Å²) in [5.74, 6) is 0.925. The van der Waals surface area contributed by atoms with Crippen LogP contribution >= 0.6 is 0 Å². The standard InChI is InChI=1S/C22H32N2O2/c25-22(21-11-6-16-26-21)24-14-5-10-19-17-23(15-12-20(19)24)13-4-9-18-7-2-1-3-8-18/h1-3,7-8,19-21H,4-6,9-17H2/t19-,20+,21?/m1/s1. The van der Waals surface area contributed by atoms with Gasteiger partial charge in [-0.2, -0.15) is 0 Å². The summed E-state index contributed by atoms with van der Waals surface area (Å²) in [6.45, 7) is 5.17. The van der Waals surface area contributed by atoms with E-state index in [4.69, 9.17) is 4.74 Å². The summed E-state index contributed by atoms with van der Waals surface area (Å²) in [5, 5.41) is 0. The molecule has 0 radical (unpaired) electrons. The molecule has 3 aliphatic rings. The van der Waals surface area contributed by atoms with Gasteiger partial charge in [0.2, 0.25) is 0 Å². The van der Waals surface area contributed by atoms with Crippen LogP contribution in [0.5, 0.6) is 0 Å². The third-order valence-corrected chi connectivity index (χ3v) is 6.42. The lowest BCUT2D eigenvalue weighted by Crippen LogP contribution is -2.57. The van der Waals surface area contributed by atoms with Crippen LogP contribution in [0.25, 0.3) is 0 Å². The molecule has 0 N–H and O–H groups in total. The van der Waals surface area contributed by atoms with Crippen LogP contribution in [0.15, 0.2) is 30.3 Å². The van der Waals surface area contributed by atoms with Crippen molar-refractivity contribution in [3.8, 4) is 0 Å². The first-order chi connectivity index (χ1) is 12.8. The normalized spacial score (nSPS) is 29.5. The molecule has 0 bridgehead atoms. The highest BCUT2D eigenvalue weighted by Gasteiger charge is 2.40. The lowest BCUT2D eigenvalue weighted by molar-refractivity contribution is -0.148. The van der Waals surface area contributed by atoms with E-state index in [2.05, 4.69) is 40.1 Å². The minimum atomic E-state index is -0.155. The molecule has 3 atom stereocenters. The number of aryl methyl sites for hydroxylation is 1. The molecule has 3 saturated heterocycles. The summed E-state index contributed by atoms with van der Waals surface area (Å²) in [6, 6.07) is 11.2. The quantitative estimate of drug-likeness (QED) is 0.813. The molecule has 3 heterocycles. The zero-order valence-electron chi connectivity index (χ0n) is 15.8. The number of hydrogen-bond donors (Lipinski definition) is 0. The molecule has 0 aliphatic carbocycles. The third-order valence-electron chi connectivity index (χ3n) is 6.42. The van der Waals surface area contributed by atoms with Gasteiger partial charge in [-0.3, -0.25) is 4.79 Å². The van der Waals surface area contributed by atoms with Crippen molar-refractivity contribution in [2.24, 2.45) is 5.92 Å². The van der Waals surface area contributed by atoms with E-state index in [1.165, 1.54) is 24.9 Å². The van der Waals surface area contributed by atoms with Crippen LogP contribution in [0, 0.1) is 5.92 Å². The Labute approximate surface area is 157 Å². The fourth-order valence-electron chi connectivity index (χ4n) is 5.06. The third kappa shape index (κ3) is 4.12. The topological polar surface area (TPSA) is 32.8 Å². The molecule has 1 aromatic rings. The molecule has 1 unspecified atom stereocenters. The highest BCUT2D eigenvalue weighted by Crippen LogP contribution is 2.32. The summed E-state index contributed by atoms with van der Waals surface area (Å²) >= 11 is 0. The molecule has 142 valence electrons. The number of carbonyl (C=O) groups is 1. The van der Waals surface area contributed by atoms with Crippen molar-refractivity contribution in [3.63, 3.8) is 0 Å². The lowest BCUT2D eigenvalue weighted by atomic mass is 9.83. The van der Waals surface area contributed by atoms with Crippen molar-refractivity contribution in [3.05, 3.63) is 35.9 Å². The van der Waals surface area contributed by atoms with E-state index in [0.717, 1.165) is 58.3 Å². The van der Waals surface area contributed by atoms with E-state index in [-0.39, 0.29) is 12.0 Å².